The average Bonchev–Trinajstić information content (AvgIpc) is 3.29. The highest BCUT2D eigenvalue weighted by Crippen LogP contribution is 2.73. The Bertz CT molecular complexity index is 960. The summed E-state index contributed by atoms with van der Waals surface area (Å²) in [6, 6.07) is 0. The maximum atomic E-state index is 13.9. The Morgan fingerprint density at radius 3 is 2.56 bits per heavy atom. The van der Waals surface area contributed by atoms with Crippen LogP contribution in [0.1, 0.15) is 66.2 Å². The second-order valence-electron chi connectivity index (χ2n) is 12.7. The molecule has 2 saturated heterocycles. The summed E-state index contributed by atoms with van der Waals surface area (Å²) in [6.07, 6.45) is 6.35. The molecule has 2 heterocycles. The van der Waals surface area contributed by atoms with Crippen LogP contribution in [-0.4, -0.2) is 44.5 Å². The third kappa shape index (κ3) is 2.42. The summed E-state index contributed by atoms with van der Waals surface area (Å²) in [7, 11) is -0.627. The molecule has 0 aromatic heterocycles. The first kappa shape index (κ1) is 22.5. The Balaban J connectivity index is 1.58. The van der Waals surface area contributed by atoms with Gasteiger partial charge < -0.3 is 13.9 Å². The molecule has 176 valence electrons. The molecule has 0 aromatic carbocycles. The molecule has 5 rings (SSSR count). The lowest BCUT2D eigenvalue weighted by Gasteiger charge is -2.55. The molecule has 2 spiro atoms. The zero-order valence-corrected chi connectivity index (χ0v) is 21.7. The van der Waals surface area contributed by atoms with Crippen LogP contribution in [0, 0.1) is 16.7 Å². The van der Waals surface area contributed by atoms with Gasteiger partial charge in [-0.05, 0) is 80.8 Å². The molecule has 4 fully saturated rings. The van der Waals surface area contributed by atoms with E-state index in [4.69, 9.17) is 13.9 Å². The number of hydrogen-bond donors (Lipinski definition) is 0. The molecule has 0 amide bonds. The van der Waals surface area contributed by atoms with Gasteiger partial charge in [-0.1, -0.05) is 27.4 Å². The molecular formula is C26H38O5Si. The van der Waals surface area contributed by atoms with Gasteiger partial charge in [0.25, 0.3) is 0 Å². The predicted molar refractivity (Wildman–Crippen MR) is 125 cm³/mol. The van der Waals surface area contributed by atoms with Crippen LogP contribution in [0.15, 0.2) is 23.8 Å². The summed E-state index contributed by atoms with van der Waals surface area (Å²) in [4.78, 5) is 26.8. The van der Waals surface area contributed by atoms with E-state index in [1.807, 2.05) is 6.92 Å². The number of carbonyl (C=O) groups excluding carboxylic acids is 2. The van der Waals surface area contributed by atoms with Crippen LogP contribution < -0.4 is 0 Å². The van der Waals surface area contributed by atoms with Crippen LogP contribution in [0.3, 0.4) is 0 Å². The average molecular weight is 459 g/mol. The highest BCUT2D eigenvalue weighted by atomic mass is 28.4. The minimum absolute atomic E-state index is 0.0642. The van der Waals surface area contributed by atoms with Gasteiger partial charge in [0, 0.05) is 11.3 Å². The zero-order chi connectivity index (χ0) is 23.5. The van der Waals surface area contributed by atoms with Crippen molar-refractivity contribution < 1.29 is 23.5 Å². The summed E-state index contributed by atoms with van der Waals surface area (Å²) in [5.74, 6) is -0.0911. The minimum atomic E-state index is -2.05. The van der Waals surface area contributed by atoms with Crippen LogP contribution in [0.4, 0.5) is 0 Å². The van der Waals surface area contributed by atoms with Crippen LogP contribution in [0.25, 0.3) is 0 Å². The van der Waals surface area contributed by atoms with Crippen molar-refractivity contribution >= 4 is 20.1 Å². The number of ketones is 1. The van der Waals surface area contributed by atoms with Gasteiger partial charge in [0.2, 0.25) is 0 Å². The van der Waals surface area contributed by atoms with E-state index in [2.05, 4.69) is 40.4 Å². The van der Waals surface area contributed by atoms with Crippen LogP contribution in [0.2, 0.25) is 18.1 Å². The summed E-state index contributed by atoms with van der Waals surface area (Å²) in [5, 5.41) is 0.0898. The van der Waals surface area contributed by atoms with Crippen molar-refractivity contribution in [3.63, 3.8) is 0 Å². The molecule has 6 atom stereocenters. The van der Waals surface area contributed by atoms with E-state index in [0.29, 0.717) is 12.8 Å². The minimum Gasteiger partial charge on any atom is -0.468 e. The lowest BCUT2D eigenvalue weighted by molar-refractivity contribution is -0.153. The standard InChI is InChI=1S/C26H38O5Si/c1-16-14-24-15-25(16,31-32(7,8)22(2,3)4)11-9-17(24)26-12-10-20(30-26)23(5,21(28)29-6)18(26)13-19(24)27/h13,17,20H,1,9-12,14-15H2,2-8H3/t17-,20+,23+,24+,25+,26+/m1/s1. The molecule has 3 aliphatic carbocycles. The van der Waals surface area contributed by atoms with Crippen molar-refractivity contribution in [2.75, 3.05) is 7.11 Å². The summed E-state index contributed by atoms with van der Waals surface area (Å²) in [6.45, 7) is 17.7. The quantitative estimate of drug-likeness (QED) is 0.334. The fourth-order valence-electron chi connectivity index (χ4n) is 7.61. The van der Waals surface area contributed by atoms with Gasteiger partial charge in [-0.25, -0.2) is 0 Å². The Kier molecular flexibility index (Phi) is 4.40. The predicted octanol–water partition coefficient (Wildman–Crippen LogP) is 5.11. The van der Waals surface area contributed by atoms with Crippen molar-refractivity contribution in [1.82, 2.24) is 0 Å². The molecule has 0 N–H and O–H groups in total. The monoisotopic (exact) mass is 458 g/mol. The highest BCUT2D eigenvalue weighted by Gasteiger charge is 2.76. The van der Waals surface area contributed by atoms with Crippen LogP contribution in [-0.2, 0) is 23.5 Å². The molecule has 4 bridgehead atoms. The Morgan fingerprint density at radius 1 is 1.25 bits per heavy atom. The third-order valence-corrected chi connectivity index (χ3v) is 14.8. The molecule has 0 radical (unpaired) electrons. The van der Waals surface area contributed by atoms with Crippen molar-refractivity contribution in [1.29, 1.82) is 0 Å². The van der Waals surface area contributed by atoms with Gasteiger partial charge in [-0.2, -0.15) is 0 Å². The fraction of sp³-hybridized carbons (Fsp3) is 0.769. The molecule has 0 unspecified atom stereocenters. The maximum absolute atomic E-state index is 13.9. The van der Waals surface area contributed by atoms with E-state index in [9.17, 15) is 9.59 Å². The first-order valence-corrected chi connectivity index (χ1v) is 15.0. The molecule has 0 aromatic rings. The zero-order valence-electron chi connectivity index (χ0n) is 20.7. The fourth-order valence-corrected chi connectivity index (χ4v) is 9.21. The Morgan fingerprint density at radius 2 is 1.94 bits per heavy atom. The second kappa shape index (κ2) is 6.25. The first-order valence-electron chi connectivity index (χ1n) is 12.1. The number of carbonyl (C=O) groups is 2. The lowest BCUT2D eigenvalue weighted by Crippen LogP contribution is -2.59. The number of fused-ring (bicyclic) bond motifs is 2. The smallest absolute Gasteiger partial charge is 0.318 e. The van der Waals surface area contributed by atoms with Crippen LogP contribution in [0.5, 0.6) is 0 Å². The number of rotatable bonds is 3. The largest absolute Gasteiger partial charge is 0.468 e. The van der Waals surface area contributed by atoms with E-state index in [0.717, 1.165) is 36.8 Å². The van der Waals surface area contributed by atoms with Gasteiger partial charge in [0.15, 0.2) is 14.1 Å². The number of ether oxygens (including phenoxy) is 2. The summed E-state index contributed by atoms with van der Waals surface area (Å²) < 4.78 is 19.0. The van der Waals surface area contributed by atoms with Crippen molar-refractivity contribution in [2.24, 2.45) is 16.7 Å². The van der Waals surface area contributed by atoms with E-state index in [1.165, 1.54) is 7.11 Å². The van der Waals surface area contributed by atoms with E-state index in [1.54, 1.807) is 6.08 Å². The van der Waals surface area contributed by atoms with Gasteiger partial charge in [-0.15, -0.1) is 0 Å². The van der Waals surface area contributed by atoms with Crippen molar-refractivity contribution in [2.45, 2.75) is 102 Å². The Labute approximate surface area is 193 Å². The highest BCUT2D eigenvalue weighted by molar-refractivity contribution is 6.74. The second-order valence-corrected chi connectivity index (χ2v) is 17.4. The van der Waals surface area contributed by atoms with E-state index in [-0.39, 0.29) is 28.8 Å². The molecule has 5 nitrogen and oxygen atoms in total. The number of esters is 1. The topological polar surface area (TPSA) is 61.8 Å². The molecule has 32 heavy (non-hydrogen) atoms. The normalized spacial score (nSPS) is 44.9. The molecule has 6 heteroatoms. The summed E-state index contributed by atoms with van der Waals surface area (Å²) >= 11 is 0. The van der Waals surface area contributed by atoms with Gasteiger partial charge in [0.05, 0.1) is 24.4 Å². The van der Waals surface area contributed by atoms with Crippen molar-refractivity contribution in [3.8, 4) is 0 Å². The van der Waals surface area contributed by atoms with Gasteiger partial charge >= 0.3 is 5.97 Å². The molecule has 2 saturated carbocycles. The van der Waals surface area contributed by atoms with Crippen molar-refractivity contribution in [3.05, 3.63) is 23.8 Å². The number of hydrogen-bond acceptors (Lipinski definition) is 5. The number of methoxy groups -OCH3 is 1. The maximum Gasteiger partial charge on any atom is 0.318 e. The molecule has 2 aliphatic heterocycles. The lowest BCUT2D eigenvalue weighted by atomic mass is 9.49. The molecule has 5 aliphatic rings. The summed E-state index contributed by atoms with van der Waals surface area (Å²) in [5.41, 5.74) is -0.406. The van der Waals surface area contributed by atoms with E-state index >= 15 is 0 Å². The third-order valence-electron chi connectivity index (χ3n) is 10.3. The van der Waals surface area contributed by atoms with Gasteiger partial charge in [-0.3, -0.25) is 9.59 Å². The van der Waals surface area contributed by atoms with E-state index < -0.39 is 30.3 Å². The SMILES string of the molecule is C=C1C[C@]23C[C@@]1(O[Si](C)(C)C(C)(C)C)CC[C@H]2[C@]12CC[C@H](O1)[C@@](C)(C(=O)OC)C2=CC3=O. The van der Waals surface area contributed by atoms with Gasteiger partial charge in [0.1, 0.15) is 5.41 Å². The first-order chi connectivity index (χ1) is 14.7. The molecular weight excluding hydrogens is 420 g/mol. The Hall–Kier alpha value is -1.24. The van der Waals surface area contributed by atoms with Crippen LogP contribution >= 0.6 is 0 Å². The number of allylic oxidation sites excluding steroid dienone is 1.